The first-order chi connectivity index (χ1) is 10.4. The highest BCUT2D eigenvalue weighted by Crippen LogP contribution is 2.32. The van der Waals surface area contributed by atoms with Crippen LogP contribution in [0.3, 0.4) is 0 Å². The van der Waals surface area contributed by atoms with Crippen LogP contribution < -0.4 is 10.1 Å². The van der Waals surface area contributed by atoms with Crippen LogP contribution in [0.25, 0.3) is 0 Å². The predicted octanol–water partition coefficient (Wildman–Crippen LogP) is 4.31. The lowest BCUT2D eigenvalue weighted by atomic mass is 9.99. The van der Waals surface area contributed by atoms with Crippen molar-refractivity contribution in [1.29, 1.82) is 0 Å². The van der Waals surface area contributed by atoms with Crippen LogP contribution in [-0.4, -0.2) is 37.4 Å². The third-order valence-corrected chi connectivity index (χ3v) is 3.71. The molecule has 0 saturated carbocycles. The summed E-state index contributed by atoms with van der Waals surface area (Å²) in [5.41, 5.74) is 0.269. The van der Waals surface area contributed by atoms with Gasteiger partial charge in [-0.05, 0) is 24.6 Å². The summed E-state index contributed by atoms with van der Waals surface area (Å²) in [7, 11) is 0. The summed E-state index contributed by atoms with van der Waals surface area (Å²) in [6.07, 6.45) is -3.27. The van der Waals surface area contributed by atoms with Crippen LogP contribution >= 0.6 is 24.8 Å². The van der Waals surface area contributed by atoms with Crippen LogP contribution in [0.15, 0.2) is 18.2 Å². The van der Waals surface area contributed by atoms with E-state index in [1.165, 1.54) is 6.07 Å². The molecule has 1 heterocycles. The maximum atomic E-state index is 14.2. The molecule has 9 heteroatoms. The number of nitrogens with zero attached hydrogens (tertiary/aromatic N) is 1. The molecule has 24 heavy (non-hydrogen) atoms. The molecule has 1 aromatic rings. The Labute approximate surface area is 151 Å². The lowest BCUT2D eigenvalue weighted by Gasteiger charge is -2.35. The fraction of sp³-hybridized carbons (Fsp3) is 0.600. The standard InChI is InChI=1S/C15H20F4N2O.2ClH/c1-2-3-14(21-8-6-20-7-9-21)12-10-11(4-5-13(12)16)22-15(17,18)19;;/h4-5,10,14,20H,2-3,6-9H2,1H3;2*1H/t14-;;/m0../s1. The fourth-order valence-corrected chi connectivity index (χ4v) is 2.78. The molecular formula is C15H22Cl2F4N2O. The van der Waals surface area contributed by atoms with Crippen LogP contribution in [0.5, 0.6) is 5.75 Å². The first kappa shape index (κ1) is 23.2. The topological polar surface area (TPSA) is 24.5 Å². The van der Waals surface area contributed by atoms with Gasteiger partial charge in [0.15, 0.2) is 0 Å². The van der Waals surface area contributed by atoms with E-state index in [0.717, 1.165) is 44.7 Å². The van der Waals surface area contributed by atoms with Gasteiger partial charge in [-0.2, -0.15) is 0 Å². The van der Waals surface area contributed by atoms with E-state index in [2.05, 4.69) is 15.0 Å². The number of alkyl halides is 3. The molecule has 1 atom stereocenters. The molecule has 0 bridgehead atoms. The summed E-state index contributed by atoms with van der Waals surface area (Å²) < 4.78 is 55.1. The highest BCUT2D eigenvalue weighted by molar-refractivity contribution is 5.85. The predicted molar refractivity (Wildman–Crippen MR) is 89.7 cm³/mol. The number of ether oxygens (including phenoxy) is 1. The SMILES string of the molecule is CCC[C@@H](c1cc(OC(F)(F)F)ccc1F)N1CCNCC1.Cl.Cl. The second-order valence-electron chi connectivity index (χ2n) is 5.32. The van der Waals surface area contributed by atoms with Gasteiger partial charge in [-0.1, -0.05) is 13.3 Å². The van der Waals surface area contributed by atoms with Gasteiger partial charge >= 0.3 is 6.36 Å². The molecular weight excluding hydrogens is 371 g/mol. The molecule has 0 aromatic heterocycles. The Balaban J connectivity index is 0.00000264. The zero-order valence-electron chi connectivity index (χ0n) is 13.2. The molecule has 0 aliphatic carbocycles. The van der Waals surface area contributed by atoms with Crippen LogP contribution in [0.4, 0.5) is 17.6 Å². The molecule has 2 rings (SSSR count). The molecule has 1 aliphatic heterocycles. The Kier molecular flexibility index (Phi) is 9.96. The zero-order chi connectivity index (χ0) is 16.2. The van der Waals surface area contributed by atoms with Crippen molar-refractivity contribution in [3.8, 4) is 5.75 Å². The average Bonchev–Trinajstić information content (AvgIpc) is 2.46. The highest BCUT2D eigenvalue weighted by atomic mass is 35.5. The molecule has 0 spiro atoms. The second kappa shape index (κ2) is 10.3. The van der Waals surface area contributed by atoms with Crippen LogP contribution in [-0.2, 0) is 0 Å². The number of benzene rings is 1. The van der Waals surface area contributed by atoms with Crippen molar-refractivity contribution in [2.45, 2.75) is 32.2 Å². The van der Waals surface area contributed by atoms with Gasteiger partial charge in [-0.15, -0.1) is 38.0 Å². The number of hydrogen-bond acceptors (Lipinski definition) is 3. The lowest BCUT2D eigenvalue weighted by Crippen LogP contribution is -2.45. The normalized spacial score (nSPS) is 16.7. The van der Waals surface area contributed by atoms with Gasteiger partial charge in [0.1, 0.15) is 11.6 Å². The summed E-state index contributed by atoms with van der Waals surface area (Å²) >= 11 is 0. The summed E-state index contributed by atoms with van der Waals surface area (Å²) in [6, 6.07) is 2.99. The van der Waals surface area contributed by atoms with Crippen molar-refractivity contribution < 1.29 is 22.3 Å². The van der Waals surface area contributed by atoms with E-state index in [-0.39, 0.29) is 42.2 Å². The molecule has 1 aliphatic rings. The summed E-state index contributed by atoms with van der Waals surface area (Å²) in [6.45, 7) is 5.05. The smallest absolute Gasteiger partial charge is 0.406 e. The largest absolute Gasteiger partial charge is 0.573 e. The van der Waals surface area contributed by atoms with Gasteiger partial charge in [-0.3, -0.25) is 4.90 Å². The second-order valence-corrected chi connectivity index (χ2v) is 5.32. The minimum absolute atomic E-state index is 0. The van der Waals surface area contributed by atoms with E-state index >= 15 is 0 Å². The van der Waals surface area contributed by atoms with Gasteiger partial charge < -0.3 is 10.1 Å². The third kappa shape index (κ3) is 6.63. The van der Waals surface area contributed by atoms with Crippen LogP contribution in [0.1, 0.15) is 31.4 Å². The summed E-state index contributed by atoms with van der Waals surface area (Å²) in [4.78, 5) is 2.11. The quantitative estimate of drug-likeness (QED) is 0.755. The van der Waals surface area contributed by atoms with E-state index < -0.39 is 12.2 Å². The molecule has 0 unspecified atom stereocenters. The molecule has 1 aromatic carbocycles. The van der Waals surface area contributed by atoms with E-state index in [4.69, 9.17) is 0 Å². The van der Waals surface area contributed by atoms with E-state index in [9.17, 15) is 17.6 Å². The number of hydrogen-bond donors (Lipinski definition) is 1. The van der Waals surface area contributed by atoms with Crippen molar-refractivity contribution in [2.24, 2.45) is 0 Å². The Bertz CT molecular complexity index is 497. The molecule has 3 nitrogen and oxygen atoms in total. The first-order valence-corrected chi connectivity index (χ1v) is 7.40. The number of halogens is 6. The highest BCUT2D eigenvalue weighted by Gasteiger charge is 2.32. The van der Waals surface area contributed by atoms with Gasteiger partial charge in [0.05, 0.1) is 0 Å². The van der Waals surface area contributed by atoms with Crippen LogP contribution in [0, 0.1) is 5.82 Å². The van der Waals surface area contributed by atoms with Crippen molar-refractivity contribution in [3.05, 3.63) is 29.6 Å². The number of nitrogens with one attached hydrogen (secondary N) is 1. The van der Waals surface area contributed by atoms with Gasteiger partial charge in [0.2, 0.25) is 0 Å². The average molecular weight is 393 g/mol. The molecule has 0 amide bonds. The maximum absolute atomic E-state index is 14.2. The van der Waals surface area contributed by atoms with E-state index in [1.807, 2.05) is 6.92 Å². The molecule has 1 saturated heterocycles. The molecule has 1 N–H and O–H groups in total. The number of rotatable bonds is 5. The Morgan fingerprint density at radius 1 is 1.21 bits per heavy atom. The lowest BCUT2D eigenvalue weighted by molar-refractivity contribution is -0.274. The Hall–Kier alpha value is -0.760. The zero-order valence-corrected chi connectivity index (χ0v) is 14.9. The minimum Gasteiger partial charge on any atom is -0.406 e. The van der Waals surface area contributed by atoms with E-state index in [1.54, 1.807) is 0 Å². The van der Waals surface area contributed by atoms with Gasteiger partial charge in [0.25, 0.3) is 0 Å². The van der Waals surface area contributed by atoms with E-state index in [0.29, 0.717) is 6.42 Å². The maximum Gasteiger partial charge on any atom is 0.573 e. The fourth-order valence-electron chi connectivity index (χ4n) is 2.78. The van der Waals surface area contributed by atoms with Gasteiger partial charge in [-0.25, -0.2) is 4.39 Å². The molecule has 0 radical (unpaired) electrons. The minimum atomic E-state index is -4.77. The molecule has 1 fully saturated rings. The first-order valence-electron chi connectivity index (χ1n) is 7.40. The monoisotopic (exact) mass is 392 g/mol. The summed E-state index contributed by atoms with van der Waals surface area (Å²) in [5.74, 6) is -0.869. The van der Waals surface area contributed by atoms with Crippen molar-refractivity contribution in [1.82, 2.24) is 10.2 Å². The molecule has 140 valence electrons. The van der Waals surface area contributed by atoms with Crippen molar-refractivity contribution in [3.63, 3.8) is 0 Å². The van der Waals surface area contributed by atoms with Crippen LogP contribution in [0.2, 0.25) is 0 Å². The Morgan fingerprint density at radius 3 is 2.38 bits per heavy atom. The Morgan fingerprint density at radius 2 is 1.83 bits per heavy atom. The van der Waals surface area contributed by atoms with Crippen molar-refractivity contribution in [2.75, 3.05) is 26.2 Å². The third-order valence-electron chi connectivity index (χ3n) is 3.71. The summed E-state index contributed by atoms with van der Waals surface area (Å²) in [5, 5.41) is 3.21. The van der Waals surface area contributed by atoms with Crippen molar-refractivity contribution >= 4 is 24.8 Å². The number of piperazine rings is 1. The van der Waals surface area contributed by atoms with Gasteiger partial charge in [0, 0.05) is 37.8 Å².